The second-order valence-corrected chi connectivity index (χ2v) is 5.11. The summed E-state index contributed by atoms with van der Waals surface area (Å²) in [7, 11) is 0. The molecule has 8 nitrogen and oxygen atoms in total. The monoisotopic (exact) mass is 358 g/mol. The first-order valence-corrected chi connectivity index (χ1v) is 7.20. The van der Waals surface area contributed by atoms with Crippen LogP contribution in [-0.2, 0) is 4.79 Å². The number of nitro benzene ring substituents is 1. The van der Waals surface area contributed by atoms with E-state index in [0.29, 0.717) is 0 Å². The normalized spacial score (nSPS) is 10.6. The SMILES string of the molecule is N#C/C(=C/Nc1cc([N+](=O)[O-])ccc1Cl)C(=O)Nc1ccccc1O. The lowest BCUT2D eigenvalue weighted by Crippen LogP contribution is -2.14. The van der Waals surface area contributed by atoms with Crippen LogP contribution in [0.1, 0.15) is 0 Å². The molecule has 0 saturated heterocycles. The zero-order chi connectivity index (χ0) is 18.4. The van der Waals surface area contributed by atoms with E-state index >= 15 is 0 Å². The molecule has 2 aromatic rings. The van der Waals surface area contributed by atoms with E-state index < -0.39 is 10.8 Å². The highest BCUT2D eigenvalue weighted by Gasteiger charge is 2.13. The van der Waals surface area contributed by atoms with Crippen LogP contribution in [0.25, 0.3) is 0 Å². The molecule has 126 valence electrons. The smallest absolute Gasteiger partial charge is 0.271 e. The zero-order valence-corrected chi connectivity index (χ0v) is 13.3. The van der Waals surface area contributed by atoms with E-state index in [1.807, 2.05) is 0 Å². The quantitative estimate of drug-likeness (QED) is 0.247. The number of amides is 1. The van der Waals surface area contributed by atoms with E-state index in [2.05, 4.69) is 10.6 Å². The lowest BCUT2D eigenvalue weighted by molar-refractivity contribution is -0.384. The minimum atomic E-state index is -0.766. The number of carbonyl (C=O) groups is 1. The van der Waals surface area contributed by atoms with Gasteiger partial charge in [0.05, 0.1) is 21.3 Å². The van der Waals surface area contributed by atoms with Crippen molar-refractivity contribution in [3.05, 3.63) is 69.4 Å². The third-order valence-corrected chi connectivity index (χ3v) is 3.38. The first kappa shape index (κ1) is 17.8. The molecular formula is C16H11ClN4O4. The summed E-state index contributed by atoms with van der Waals surface area (Å²) in [6.45, 7) is 0. The number of hydrogen-bond donors (Lipinski definition) is 3. The van der Waals surface area contributed by atoms with Gasteiger partial charge in [-0.3, -0.25) is 14.9 Å². The van der Waals surface area contributed by atoms with Gasteiger partial charge in [-0.15, -0.1) is 0 Å². The van der Waals surface area contributed by atoms with Gasteiger partial charge in [0, 0.05) is 18.3 Å². The number of para-hydroxylation sites is 2. The number of phenols is 1. The molecule has 2 rings (SSSR count). The van der Waals surface area contributed by atoms with Crippen LogP contribution in [0.3, 0.4) is 0 Å². The van der Waals surface area contributed by atoms with E-state index in [-0.39, 0.29) is 33.4 Å². The van der Waals surface area contributed by atoms with Gasteiger partial charge in [-0.05, 0) is 18.2 Å². The van der Waals surface area contributed by atoms with E-state index in [1.165, 1.54) is 30.3 Å². The summed E-state index contributed by atoms with van der Waals surface area (Å²) in [6, 6.07) is 11.5. The van der Waals surface area contributed by atoms with Gasteiger partial charge in [-0.25, -0.2) is 0 Å². The number of halogens is 1. The summed E-state index contributed by atoms with van der Waals surface area (Å²) < 4.78 is 0. The number of carbonyl (C=O) groups excluding carboxylic acids is 1. The lowest BCUT2D eigenvalue weighted by Gasteiger charge is -2.07. The Bertz CT molecular complexity index is 905. The topological polar surface area (TPSA) is 128 Å². The van der Waals surface area contributed by atoms with Gasteiger partial charge >= 0.3 is 0 Å². The standard InChI is InChI=1S/C16H11ClN4O4/c17-12-6-5-11(21(24)25)7-14(12)19-9-10(8-18)16(23)20-13-3-1-2-4-15(13)22/h1-7,9,19,22H,(H,20,23)/b10-9-. The van der Waals surface area contributed by atoms with Crippen molar-refractivity contribution in [2.24, 2.45) is 0 Å². The predicted octanol–water partition coefficient (Wildman–Crippen LogP) is 3.41. The summed E-state index contributed by atoms with van der Waals surface area (Å²) in [6.07, 6.45) is 1.07. The molecule has 0 radical (unpaired) electrons. The Morgan fingerprint density at radius 1 is 1.28 bits per heavy atom. The van der Waals surface area contributed by atoms with E-state index in [0.717, 1.165) is 6.20 Å². The summed E-state index contributed by atoms with van der Waals surface area (Å²) in [5.41, 5.74) is -0.204. The predicted molar refractivity (Wildman–Crippen MR) is 92.2 cm³/mol. The Labute approximate surface area is 147 Å². The number of anilines is 2. The van der Waals surface area contributed by atoms with Crippen molar-refractivity contribution in [1.29, 1.82) is 5.26 Å². The fourth-order valence-electron chi connectivity index (χ4n) is 1.80. The zero-order valence-electron chi connectivity index (χ0n) is 12.6. The molecule has 0 bridgehead atoms. The van der Waals surface area contributed by atoms with Gasteiger partial charge in [0.15, 0.2) is 0 Å². The van der Waals surface area contributed by atoms with Gasteiger partial charge in [-0.1, -0.05) is 23.7 Å². The molecule has 0 aliphatic rings. The molecular weight excluding hydrogens is 348 g/mol. The fraction of sp³-hybridized carbons (Fsp3) is 0. The highest BCUT2D eigenvalue weighted by Crippen LogP contribution is 2.27. The van der Waals surface area contributed by atoms with Crippen LogP contribution >= 0.6 is 11.6 Å². The Kier molecular flexibility index (Phi) is 5.55. The van der Waals surface area contributed by atoms with Gasteiger partial charge in [0.25, 0.3) is 11.6 Å². The number of phenolic OH excluding ortho intramolecular Hbond substituents is 1. The van der Waals surface area contributed by atoms with Gasteiger partial charge in [0.2, 0.25) is 0 Å². The maximum absolute atomic E-state index is 12.1. The highest BCUT2D eigenvalue weighted by atomic mass is 35.5. The second-order valence-electron chi connectivity index (χ2n) is 4.71. The maximum Gasteiger partial charge on any atom is 0.271 e. The van der Waals surface area contributed by atoms with Crippen LogP contribution in [-0.4, -0.2) is 15.9 Å². The second kappa shape index (κ2) is 7.81. The molecule has 1 amide bonds. The molecule has 2 aromatic carbocycles. The number of aromatic hydroxyl groups is 1. The van der Waals surface area contributed by atoms with Crippen LogP contribution in [0, 0.1) is 21.4 Å². The summed E-state index contributed by atoms with van der Waals surface area (Å²) >= 11 is 5.93. The Morgan fingerprint density at radius 3 is 2.64 bits per heavy atom. The van der Waals surface area contributed by atoms with Crippen molar-refractivity contribution in [2.75, 3.05) is 10.6 Å². The van der Waals surface area contributed by atoms with E-state index in [4.69, 9.17) is 16.9 Å². The van der Waals surface area contributed by atoms with Crippen LogP contribution in [0.15, 0.2) is 54.2 Å². The maximum atomic E-state index is 12.1. The number of nitro groups is 1. The average molecular weight is 359 g/mol. The van der Waals surface area contributed by atoms with Crippen molar-refractivity contribution in [3.63, 3.8) is 0 Å². The molecule has 0 atom stereocenters. The first-order chi connectivity index (χ1) is 11.9. The number of rotatable bonds is 5. The number of nitriles is 1. The molecule has 0 heterocycles. The molecule has 0 aromatic heterocycles. The molecule has 0 unspecified atom stereocenters. The van der Waals surface area contributed by atoms with Crippen molar-refractivity contribution < 1.29 is 14.8 Å². The molecule has 0 aliphatic heterocycles. The molecule has 0 aliphatic carbocycles. The molecule has 0 spiro atoms. The van der Waals surface area contributed by atoms with Crippen LogP contribution < -0.4 is 10.6 Å². The summed E-state index contributed by atoms with van der Waals surface area (Å²) in [4.78, 5) is 22.3. The first-order valence-electron chi connectivity index (χ1n) is 6.82. The molecule has 25 heavy (non-hydrogen) atoms. The van der Waals surface area contributed by atoms with Gasteiger partial charge in [-0.2, -0.15) is 5.26 Å². The van der Waals surface area contributed by atoms with E-state index in [1.54, 1.807) is 18.2 Å². The number of non-ortho nitro benzene ring substituents is 1. The minimum absolute atomic E-state index is 0.141. The number of hydrogen-bond acceptors (Lipinski definition) is 6. The molecule has 3 N–H and O–H groups in total. The van der Waals surface area contributed by atoms with E-state index in [9.17, 15) is 20.0 Å². The third kappa shape index (κ3) is 4.46. The Balaban J connectivity index is 2.19. The summed E-state index contributed by atoms with van der Waals surface area (Å²) in [5, 5.41) is 34.7. The number of nitrogens with zero attached hydrogens (tertiary/aromatic N) is 2. The van der Waals surface area contributed by atoms with Crippen LogP contribution in [0.2, 0.25) is 5.02 Å². The molecule has 0 fully saturated rings. The van der Waals surface area contributed by atoms with Crippen LogP contribution in [0.4, 0.5) is 17.1 Å². The Morgan fingerprint density at radius 2 is 2.00 bits per heavy atom. The Hall–Kier alpha value is -3.57. The van der Waals surface area contributed by atoms with Crippen molar-refractivity contribution in [2.45, 2.75) is 0 Å². The minimum Gasteiger partial charge on any atom is -0.506 e. The number of benzene rings is 2. The molecule has 9 heteroatoms. The largest absolute Gasteiger partial charge is 0.506 e. The van der Waals surface area contributed by atoms with Crippen molar-refractivity contribution in [3.8, 4) is 11.8 Å². The van der Waals surface area contributed by atoms with Gasteiger partial charge < -0.3 is 15.7 Å². The van der Waals surface area contributed by atoms with Crippen LogP contribution in [0.5, 0.6) is 5.75 Å². The van der Waals surface area contributed by atoms with Crippen molar-refractivity contribution in [1.82, 2.24) is 0 Å². The van der Waals surface area contributed by atoms with Crippen molar-refractivity contribution >= 4 is 34.6 Å². The number of nitrogens with one attached hydrogen (secondary N) is 2. The average Bonchev–Trinajstić information content (AvgIpc) is 2.58. The summed E-state index contributed by atoms with van der Waals surface area (Å²) in [5.74, 6) is -0.916. The lowest BCUT2D eigenvalue weighted by atomic mass is 10.2. The molecule has 0 saturated carbocycles. The third-order valence-electron chi connectivity index (χ3n) is 3.05. The van der Waals surface area contributed by atoms with Gasteiger partial charge in [0.1, 0.15) is 17.4 Å². The fourth-order valence-corrected chi connectivity index (χ4v) is 1.98. The highest BCUT2D eigenvalue weighted by molar-refractivity contribution is 6.33.